The molecule has 0 fully saturated rings. The van der Waals surface area contributed by atoms with Crippen LogP contribution >= 0.6 is 0 Å². The summed E-state index contributed by atoms with van der Waals surface area (Å²) >= 11 is 0. The van der Waals surface area contributed by atoms with Gasteiger partial charge >= 0.3 is 0 Å². The summed E-state index contributed by atoms with van der Waals surface area (Å²) in [6.07, 6.45) is 2.04. The number of aromatic amines is 1. The molecule has 0 aliphatic carbocycles. The van der Waals surface area contributed by atoms with Gasteiger partial charge in [0.1, 0.15) is 6.20 Å². The SMILES string of the molecule is Cc1nn(-c2nncc(=O)[nH]2)c(C)c1CC(=O)NCCCN. The number of nitrogens with zero attached hydrogens (tertiary/aromatic N) is 4. The fourth-order valence-electron chi connectivity index (χ4n) is 2.09. The van der Waals surface area contributed by atoms with Gasteiger partial charge < -0.3 is 11.1 Å². The lowest BCUT2D eigenvalue weighted by atomic mass is 10.1. The number of aromatic nitrogens is 5. The molecule has 2 heterocycles. The second kappa shape index (κ2) is 6.94. The molecule has 9 nitrogen and oxygen atoms in total. The molecular weight excluding hydrogens is 286 g/mol. The number of nitrogens with two attached hydrogens (primary N) is 1. The molecule has 2 aromatic rings. The lowest BCUT2D eigenvalue weighted by Crippen LogP contribution is -2.27. The van der Waals surface area contributed by atoms with Gasteiger partial charge in [0.15, 0.2) is 0 Å². The Balaban J connectivity index is 2.20. The Labute approximate surface area is 126 Å². The van der Waals surface area contributed by atoms with Gasteiger partial charge in [-0.15, -0.1) is 10.2 Å². The van der Waals surface area contributed by atoms with E-state index in [9.17, 15) is 9.59 Å². The minimum Gasteiger partial charge on any atom is -0.356 e. The first kappa shape index (κ1) is 15.8. The van der Waals surface area contributed by atoms with E-state index in [0.29, 0.717) is 18.8 Å². The van der Waals surface area contributed by atoms with Crippen molar-refractivity contribution in [1.29, 1.82) is 0 Å². The van der Waals surface area contributed by atoms with Gasteiger partial charge in [-0.3, -0.25) is 14.6 Å². The summed E-state index contributed by atoms with van der Waals surface area (Å²) in [4.78, 5) is 25.8. The highest BCUT2D eigenvalue weighted by Gasteiger charge is 2.16. The number of carbonyl (C=O) groups excluding carboxylic acids is 1. The number of amides is 1. The fraction of sp³-hybridized carbons (Fsp3) is 0.462. The predicted molar refractivity (Wildman–Crippen MR) is 79.6 cm³/mol. The summed E-state index contributed by atoms with van der Waals surface area (Å²) in [5.41, 5.74) is 7.27. The molecule has 0 saturated heterocycles. The third-order valence-electron chi connectivity index (χ3n) is 3.24. The normalized spacial score (nSPS) is 10.7. The zero-order chi connectivity index (χ0) is 16.1. The van der Waals surface area contributed by atoms with E-state index >= 15 is 0 Å². The first-order chi connectivity index (χ1) is 10.5. The third-order valence-corrected chi connectivity index (χ3v) is 3.24. The van der Waals surface area contributed by atoms with Crippen LogP contribution in [-0.4, -0.2) is 44.0 Å². The lowest BCUT2D eigenvalue weighted by molar-refractivity contribution is -0.120. The van der Waals surface area contributed by atoms with Crippen LogP contribution in [0.5, 0.6) is 0 Å². The van der Waals surface area contributed by atoms with E-state index in [1.165, 1.54) is 4.68 Å². The zero-order valence-corrected chi connectivity index (χ0v) is 12.6. The van der Waals surface area contributed by atoms with Gasteiger partial charge in [-0.05, 0) is 26.8 Å². The molecule has 0 aromatic carbocycles. The molecule has 0 spiro atoms. The Hall–Kier alpha value is -2.55. The quantitative estimate of drug-likeness (QED) is 0.585. The largest absolute Gasteiger partial charge is 0.356 e. The molecule has 0 unspecified atom stereocenters. The first-order valence-electron chi connectivity index (χ1n) is 6.97. The number of H-pyrrole nitrogens is 1. The van der Waals surface area contributed by atoms with Crippen LogP contribution in [0, 0.1) is 13.8 Å². The van der Waals surface area contributed by atoms with Gasteiger partial charge in [-0.2, -0.15) is 5.10 Å². The van der Waals surface area contributed by atoms with Crippen molar-refractivity contribution in [3.63, 3.8) is 0 Å². The van der Waals surface area contributed by atoms with E-state index in [1.807, 2.05) is 6.92 Å². The highest BCUT2D eigenvalue weighted by molar-refractivity contribution is 5.79. The molecule has 0 bridgehead atoms. The highest BCUT2D eigenvalue weighted by Crippen LogP contribution is 2.15. The lowest BCUT2D eigenvalue weighted by Gasteiger charge is -2.05. The molecule has 1 amide bonds. The third kappa shape index (κ3) is 3.55. The maximum Gasteiger partial charge on any atom is 0.271 e. The molecular formula is C13H19N7O2. The molecule has 0 atom stereocenters. The minimum absolute atomic E-state index is 0.0909. The minimum atomic E-state index is -0.362. The standard InChI is InChI=1S/C13H19N7O2/c1-8-10(6-11(21)15-5-3-4-14)9(2)20(19-8)13-17-12(22)7-16-18-13/h7H,3-6,14H2,1-2H3,(H,15,21)(H,17,18,22). The topological polar surface area (TPSA) is 132 Å². The monoisotopic (exact) mass is 305 g/mol. The van der Waals surface area contributed by atoms with Crippen molar-refractivity contribution < 1.29 is 4.79 Å². The van der Waals surface area contributed by atoms with Gasteiger partial charge in [0.25, 0.3) is 11.5 Å². The van der Waals surface area contributed by atoms with E-state index < -0.39 is 0 Å². The second-order valence-electron chi connectivity index (χ2n) is 4.89. The maximum absolute atomic E-state index is 11.9. The van der Waals surface area contributed by atoms with Crippen molar-refractivity contribution in [2.75, 3.05) is 13.1 Å². The van der Waals surface area contributed by atoms with E-state index in [1.54, 1.807) is 6.92 Å². The van der Waals surface area contributed by atoms with Crippen LogP contribution in [0.15, 0.2) is 11.0 Å². The molecule has 118 valence electrons. The average molecular weight is 305 g/mol. The van der Waals surface area contributed by atoms with E-state index in [4.69, 9.17) is 5.73 Å². The van der Waals surface area contributed by atoms with E-state index in [2.05, 4.69) is 25.6 Å². The number of aryl methyl sites for hydroxylation is 1. The van der Waals surface area contributed by atoms with Crippen molar-refractivity contribution in [1.82, 2.24) is 30.3 Å². The van der Waals surface area contributed by atoms with E-state index in [0.717, 1.165) is 23.9 Å². The average Bonchev–Trinajstić information content (AvgIpc) is 2.76. The molecule has 2 aromatic heterocycles. The maximum atomic E-state index is 11.9. The highest BCUT2D eigenvalue weighted by atomic mass is 16.1. The molecule has 0 aliphatic rings. The van der Waals surface area contributed by atoms with Crippen molar-refractivity contribution in [3.8, 4) is 5.95 Å². The summed E-state index contributed by atoms with van der Waals surface area (Å²) in [6, 6.07) is 0. The van der Waals surface area contributed by atoms with Crippen LogP contribution < -0.4 is 16.6 Å². The van der Waals surface area contributed by atoms with Crippen LogP contribution in [0.1, 0.15) is 23.4 Å². The Bertz CT molecular complexity index is 719. The Kier molecular flexibility index (Phi) is 4.99. The fourth-order valence-corrected chi connectivity index (χ4v) is 2.09. The van der Waals surface area contributed by atoms with Crippen LogP contribution in [0.3, 0.4) is 0 Å². The summed E-state index contributed by atoms with van der Waals surface area (Å²) in [5, 5.41) is 14.6. The van der Waals surface area contributed by atoms with E-state index in [-0.39, 0.29) is 23.8 Å². The van der Waals surface area contributed by atoms with Crippen LogP contribution in [-0.2, 0) is 11.2 Å². The first-order valence-corrected chi connectivity index (χ1v) is 6.97. The van der Waals surface area contributed by atoms with Crippen LogP contribution in [0.4, 0.5) is 0 Å². The summed E-state index contributed by atoms with van der Waals surface area (Å²) in [7, 11) is 0. The van der Waals surface area contributed by atoms with Crippen molar-refractivity contribution in [2.45, 2.75) is 26.7 Å². The number of rotatable bonds is 6. The smallest absolute Gasteiger partial charge is 0.271 e. The Morgan fingerprint density at radius 3 is 2.91 bits per heavy atom. The number of nitrogens with one attached hydrogen (secondary N) is 2. The molecule has 0 radical (unpaired) electrons. The second-order valence-corrected chi connectivity index (χ2v) is 4.89. The van der Waals surface area contributed by atoms with Crippen molar-refractivity contribution in [2.24, 2.45) is 5.73 Å². The molecule has 2 rings (SSSR count). The molecule has 22 heavy (non-hydrogen) atoms. The molecule has 0 aliphatic heterocycles. The van der Waals surface area contributed by atoms with Gasteiger partial charge in [0.05, 0.1) is 12.1 Å². The van der Waals surface area contributed by atoms with Crippen molar-refractivity contribution in [3.05, 3.63) is 33.5 Å². The Morgan fingerprint density at radius 2 is 2.23 bits per heavy atom. The van der Waals surface area contributed by atoms with Gasteiger partial charge in [0.2, 0.25) is 5.91 Å². The van der Waals surface area contributed by atoms with Gasteiger partial charge in [0, 0.05) is 17.8 Å². The predicted octanol–water partition coefficient (Wildman–Crippen LogP) is -1.03. The van der Waals surface area contributed by atoms with Gasteiger partial charge in [-0.25, -0.2) is 4.68 Å². The van der Waals surface area contributed by atoms with Crippen LogP contribution in [0.2, 0.25) is 0 Å². The van der Waals surface area contributed by atoms with Crippen molar-refractivity contribution >= 4 is 5.91 Å². The number of hydrogen-bond donors (Lipinski definition) is 3. The molecule has 4 N–H and O–H groups in total. The summed E-state index contributed by atoms with van der Waals surface area (Å²) in [6.45, 7) is 4.71. The van der Waals surface area contributed by atoms with Gasteiger partial charge in [-0.1, -0.05) is 0 Å². The number of carbonyl (C=O) groups is 1. The Morgan fingerprint density at radius 1 is 1.45 bits per heavy atom. The summed E-state index contributed by atoms with van der Waals surface area (Å²) < 4.78 is 1.48. The zero-order valence-electron chi connectivity index (χ0n) is 12.6. The summed E-state index contributed by atoms with van der Waals surface area (Å²) in [5.74, 6) is 0.134. The number of hydrogen-bond acceptors (Lipinski definition) is 6. The van der Waals surface area contributed by atoms with Crippen LogP contribution in [0.25, 0.3) is 5.95 Å². The molecule has 0 saturated carbocycles. The molecule has 9 heteroatoms.